The van der Waals surface area contributed by atoms with Crippen molar-refractivity contribution >= 4 is 28.7 Å². The van der Waals surface area contributed by atoms with Gasteiger partial charge in [-0.3, -0.25) is 4.79 Å². The van der Waals surface area contributed by atoms with Crippen LogP contribution in [0, 0.1) is 5.82 Å². The average Bonchev–Trinajstić information content (AvgIpc) is 2.77. The Morgan fingerprint density at radius 2 is 2.17 bits per heavy atom. The predicted molar refractivity (Wildman–Crippen MR) is 69.8 cm³/mol. The highest BCUT2D eigenvalue weighted by Crippen LogP contribution is 2.34. The van der Waals surface area contributed by atoms with E-state index in [9.17, 15) is 9.18 Å². The van der Waals surface area contributed by atoms with Crippen LogP contribution in [-0.2, 0) is 6.42 Å². The molecular weight excluding hydrogens is 273 g/mol. The number of hydrogen-bond acceptors (Lipinski definition) is 3. The van der Waals surface area contributed by atoms with E-state index in [0.717, 1.165) is 17.7 Å². The van der Waals surface area contributed by atoms with Gasteiger partial charge < -0.3 is 0 Å². The molecule has 0 radical (unpaired) electrons. The number of carbonyl (C=O) groups excluding carboxylic acids is 1. The molecule has 5 heteroatoms. The Morgan fingerprint density at radius 3 is 2.94 bits per heavy atom. The van der Waals surface area contributed by atoms with Crippen molar-refractivity contribution in [2.24, 2.45) is 0 Å². The molecule has 0 spiro atoms. The van der Waals surface area contributed by atoms with Crippen molar-refractivity contribution in [3.05, 3.63) is 39.6 Å². The second kappa shape index (κ2) is 4.44. The van der Waals surface area contributed by atoms with E-state index in [1.54, 1.807) is 6.07 Å². The van der Waals surface area contributed by atoms with E-state index in [1.807, 2.05) is 0 Å². The van der Waals surface area contributed by atoms with Crippen molar-refractivity contribution in [3.8, 4) is 10.6 Å². The highest BCUT2D eigenvalue weighted by Gasteiger charge is 2.23. The van der Waals surface area contributed by atoms with Gasteiger partial charge in [-0.25, -0.2) is 9.37 Å². The van der Waals surface area contributed by atoms with Crippen LogP contribution in [0.25, 0.3) is 10.6 Å². The van der Waals surface area contributed by atoms with Crippen molar-refractivity contribution in [2.45, 2.75) is 19.3 Å². The maximum Gasteiger partial charge on any atom is 0.182 e. The van der Waals surface area contributed by atoms with Crippen molar-refractivity contribution in [2.75, 3.05) is 0 Å². The molecule has 0 saturated heterocycles. The zero-order chi connectivity index (χ0) is 12.7. The van der Waals surface area contributed by atoms with Crippen LogP contribution in [0.2, 0.25) is 5.02 Å². The van der Waals surface area contributed by atoms with E-state index < -0.39 is 0 Å². The molecule has 0 unspecified atom stereocenters. The number of aromatic nitrogens is 1. The first kappa shape index (κ1) is 11.8. The highest BCUT2D eigenvalue weighted by molar-refractivity contribution is 7.15. The van der Waals surface area contributed by atoms with Crippen molar-refractivity contribution in [3.63, 3.8) is 0 Å². The Labute approximate surface area is 112 Å². The molecule has 0 bridgehead atoms. The first-order valence-corrected chi connectivity index (χ1v) is 6.83. The van der Waals surface area contributed by atoms with Gasteiger partial charge in [0.15, 0.2) is 5.78 Å². The SMILES string of the molecule is O=C1CCCc2sc(-c3cc(Cl)ccc3F)nc21. The molecule has 0 N–H and O–H groups in total. The van der Waals surface area contributed by atoms with Gasteiger partial charge in [0, 0.05) is 21.9 Å². The average molecular weight is 282 g/mol. The lowest BCUT2D eigenvalue weighted by atomic mass is 10.0. The first-order chi connectivity index (χ1) is 8.65. The third-order valence-electron chi connectivity index (χ3n) is 2.93. The number of hydrogen-bond donors (Lipinski definition) is 0. The quantitative estimate of drug-likeness (QED) is 0.787. The van der Waals surface area contributed by atoms with Crippen molar-refractivity contribution < 1.29 is 9.18 Å². The molecule has 1 aromatic carbocycles. The van der Waals surface area contributed by atoms with Gasteiger partial charge in [-0.15, -0.1) is 11.3 Å². The topological polar surface area (TPSA) is 30.0 Å². The molecule has 1 heterocycles. The van der Waals surface area contributed by atoms with Gasteiger partial charge >= 0.3 is 0 Å². The van der Waals surface area contributed by atoms with Crippen LogP contribution >= 0.6 is 22.9 Å². The summed E-state index contributed by atoms with van der Waals surface area (Å²) in [5, 5.41) is 1.00. The molecule has 0 fully saturated rings. The molecule has 0 aliphatic heterocycles. The summed E-state index contributed by atoms with van der Waals surface area (Å²) in [6, 6.07) is 4.37. The van der Waals surface area contributed by atoms with Crippen LogP contribution in [0.4, 0.5) is 4.39 Å². The first-order valence-electron chi connectivity index (χ1n) is 5.63. The van der Waals surface area contributed by atoms with Crippen molar-refractivity contribution in [1.29, 1.82) is 0 Å². The number of aryl methyl sites for hydroxylation is 1. The second-order valence-corrected chi connectivity index (χ2v) is 5.71. The molecule has 1 aliphatic carbocycles. The molecule has 0 saturated carbocycles. The molecule has 0 atom stereocenters. The fourth-order valence-electron chi connectivity index (χ4n) is 2.04. The van der Waals surface area contributed by atoms with Crippen LogP contribution in [0.5, 0.6) is 0 Å². The lowest BCUT2D eigenvalue weighted by Crippen LogP contribution is -2.08. The van der Waals surface area contributed by atoms with E-state index in [2.05, 4.69) is 4.98 Å². The Bertz CT molecular complexity index is 638. The molecule has 18 heavy (non-hydrogen) atoms. The lowest BCUT2D eigenvalue weighted by Gasteiger charge is -2.06. The minimum atomic E-state index is -0.363. The summed E-state index contributed by atoms with van der Waals surface area (Å²) in [7, 11) is 0. The molecule has 1 aliphatic rings. The Morgan fingerprint density at radius 1 is 1.33 bits per heavy atom. The second-order valence-electron chi connectivity index (χ2n) is 4.19. The third-order valence-corrected chi connectivity index (χ3v) is 4.31. The van der Waals surface area contributed by atoms with Gasteiger partial charge in [0.05, 0.1) is 0 Å². The summed E-state index contributed by atoms with van der Waals surface area (Å²) < 4.78 is 13.7. The molecular formula is C13H9ClFNOS. The number of Topliss-reactive ketones (excluding diaryl/α,β-unsaturated/α-hetero) is 1. The predicted octanol–water partition coefficient (Wildman–Crippen LogP) is 4.12. The number of nitrogens with zero attached hydrogens (tertiary/aromatic N) is 1. The Kier molecular flexibility index (Phi) is 2.92. The van der Waals surface area contributed by atoms with Gasteiger partial charge in [-0.05, 0) is 31.0 Å². The fourth-order valence-corrected chi connectivity index (χ4v) is 3.35. The molecule has 0 amide bonds. The number of fused-ring (bicyclic) bond motifs is 1. The number of ketones is 1. The van der Waals surface area contributed by atoms with E-state index in [1.165, 1.54) is 23.5 Å². The molecule has 2 aromatic rings. The fraction of sp³-hybridized carbons (Fsp3) is 0.231. The van der Waals surface area contributed by atoms with Gasteiger partial charge in [0.2, 0.25) is 0 Å². The third kappa shape index (κ3) is 1.95. The van der Waals surface area contributed by atoms with Crippen LogP contribution in [0.15, 0.2) is 18.2 Å². The summed E-state index contributed by atoms with van der Waals surface area (Å²) in [5.41, 5.74) is 0.885. The lowest BCUT2D eigenvalue weighted by molar-refractivity contribution is 0.0968. The van der Waals surface area contributed by atoms with Crippen LogP contribution < -0.4 is 0 Å². The van der Waals surface area contributed by atoms with Gasteiger partial charge in [-0.1, -0.05) is 11.6 Å². The summed E-state index contributed by atoms with van der Waals surface area (Å²) in [6.45, 7) is 0. The number of thiazole rings is 1. The maximum atomic E-state index is 13.7. The summed E-state index contributed by atoms with van der Waals surface area (Å²) in [4.78, 5) is 16.9. The van der Waals surface area contributed by atoms with E-state index in [0.29, 0.717) is 27.7 Å². The van der Waals surface area contributed by atoms with E-state index >= 15 is 0 Å². The number of rotatable bonds is 1. The Balaban J connectivity index is 2.13. The van der Waals surface area contributed by atoms with Crippen LogP contribution in [0.3, 0.4) is 0 Å². The zero-order valence-corrected chi connectivity index (χ0v) is 10.9. The molecule has 3 rings (SSSR count). The minimum absolute atomic E-state index is 0.0567. The van der Waals surface area contributed by atoms with E-state index in [-0.39, 0.29) is 11.6 Å². The summed E-state index contributed by atoms with van der Waals surface area (Å²) >= 11 is 7.25. The summed E-state index contributed by atoms with van der Waals surface area (Å²) in [6.07, 6.45) is 2.24. The normalized spacial score (nSPS) is 14.7. The number of halogens is 2. The minimum Gasteiger partial charge on any atom is -0.292 e. The number of carbonyl (C=O) groups is 1. The largest absolute Gasteiger partial charge is 0.292 e. The molecule has 1 aromatic heterocycles. The monoisotopic (exact) mass is 281 g/mol. The molecule has 2 nitrogen and oxygen atoms in total. The van der Waals surface area contributed by atoms with Crippen LogP contribution in [-0.4, -0.2) is 10.8 Å². The molecule has 92 valence electrons. The van der Waals surface area contributed by atoms with Crippen LogP contribution in [0.1, 0.15) is 28.2 Å². The summed E-state index contributed by atoms with van der Waals surface area (Å²) in [5.74, 6) is -0.306. The zero-order valence-electron chi connectivity index (χ0n) is 9.37. The van der Waals surface area contributed by atoms with Gasteiger partial charge in [-0.2, -0.15) is 0 Å². The smallest absolute Gasteiger partial charge is 0.182 e. The Hall–Kier alpha value is -1.26. The highest BCUT2D eigenvalue weighted by atomic mass is 35.5. The maximum absolute atomic E-state index is 13.7. The standard InChI is InChI=1S/C13H9ClFNOS/c14-7-4-5-9(15)8(6-7)13-16-12-10(17)2-1-3-11(12)18-13/h4-6H,1-3H2. The van der Waals surface area contributed by atoms with E-state index in [4.69, 9.17) is 11.6 Å². The van der Waals surface area contributed by atoms with Crippen molar-refractivity contribution in [1.82, 2.24) is 4.98 Å². The van der Waals surface area contributed by atoms with Gasteiger partial charge in [0.25, 0.3) is 0 Å². The van der Waals surface area contributed by atoms with Gasteiger partial charge in [0.1, 0.15) is 16.5 Å². The number of benzene rings is 1.